The molecule has 0 unspecified atom stereocenters. The molecule has 0 atom stereocenters. The highest BCUT2D eigenvalue weighted by atomic mass is 16.5. The molecule has 0 aliphatic heterocycles. The lowest BCUT2D eigenvalue weighted by Crippen LogP contribution is -2.13. The van der Waals surface area contributed by atoms with E-state index in [1.165, 1.54) is 7.05 Å². The average molecular weight is 270 g/mol. The van der Waals surface area contributed by atoms with Gasteiger partial charge in [-0.05, 0) is 36.4 Å². The molecule has 2 aromatic carbocycles. The Morgan fingerprint density at radius 2 is 1.75 bits per heavy atom. The van der Waals surface area contributed by atoms with Crippen molar-refractivity contribution in [1.29, 1.82) is 0 Å². The van der Waals surface area contributed by atoms with Gasteiger partial charge in [-0.2, -0.15) is 0 Å². The maximum Gasteiger partial charge on any atom is 0.195 e. The molecule has 5 nitrogen and oxygen atoms in total. The third-order valence-electron chi connectivity index (χ3n) is 2.97. The Labute approximate surface area is 116 Å². The van der Waals surface area contributed by atoms with E-state index in [1.54, 1.807) is 55.6 Å². The van der Waals surface area contributed by atoms with Crippen LogP contribution < -0.4 is 9.75 Å². The molecule has 0 fully saturated rings. The Morgan fingerprint density at radius 3 is 2.35 bits per heavy atom. The first kappa shape index (κ1) is 13.7. The zero-order valence-corrected chi connectivity index (χ0v) is 11.2. The molecule has 0 bridgehead atoms. The van der Waals surface area contributed by atoms with Crippen LogP contribution in [0.2, 0.25) is 0 Å². The van der Waals surface area contributed by atoms with Gasteiger partial charge in [0.25, 0.3) is 0 Å². The fraction of sp³-hybridized carbons (Fsp3) is 0.133. The average Bonchev–Trinajstić information content (AvgIpc) is 2.53. The summed E-state index contributed by atoms with van der Waals surface area (Å²) in [5, 5.41) is 3.97. The molecule has 0 radical (unpaired) electrons. The van der Waals surface area contributed by atoms with E-state index in [0.717, 1.165) is 5.01 Å². The minimum absolute atomic E-state index is 0.168. The van der Waals surface area contributed by atoms with Crippen molar-refractivity contribution in [3.8, 4) is 5.75 Å². The van der Waals surface area contributed by atoms with Gasteiger partial charge in [-0.15, -0.1) is 4.91 Å². The maximum atomic E-state index is 12.5. The van der Waals surface area contributed by atoms with E-state index in [4.69, 9.17) is 4.74 Å². The molecule has 2 rings (SSSR count). The van der Waals surface area contributed by atoms with Gasteiger partial charge in [0.2, 0.25) is 0 Å². The van der Waals surface area contributed by atoms with E-state index in [1.807, 2.05) is 0 Å². The lowest BCUT2D eigenvalue weighted by Gasteiger charge is -2.13. The van der Waals surface area contributed by atoms with Crippen LogP contribution in [-0.4, -0.2) is 19.9 Å². The Morgan fingerprint density at radius 1 is 1.10 bits per heavy atom. The van der Waals surface area contributed by atoms with Crippen LogP contribution in [0.1, 0.15) is 15.9 Å². The third kappa shape index (κ3) is 2.66. The number of rotatable bonds is 5. The van der Waals surface area contributed by atoms with E-state index < -0.39 is 0 Å². The summed E-state index contributed by atoms with van der Waals surface area (Å²) in [4.78, 5) is 23.1. The summed E-state index contributed by atoms with van der Waals surface area (Å²) < 4.78 is 5.06. The minimum atomic E-state index is -0.168. The summed E-state index contributed by atoms with van der Waals surface area (Å²) in [7, 11) is 3.07. The Bertz CT molecular complexity index is 623. The Kier molecular flexibility index (Phi) is 4.10. The zero-order valence-electron chi connectivity index (χ0n) is 11.2. The van der Waals surface area contributed by atoms with Gasteiger partial charge in [0, 0.05) is 18.2 Å². The molecule has 0 heterocycles. The first-order valence-corrected chi connectivity index (χ1v) is 6.02. The zero-order chi connectivity index (χ0) is 14.5. The van der Waals surface area contributed by atoms with Crippen molar-refractivity contribution >= 4 is 11.5 Å². The van der Waals surface area contributed by atoms with Crippen LogP contribution in [0.4, 0.5) is 5.69 Å². The fourth-order valence-electron chi connectivity index (χ4n) is 1.89. The van der Waals surface area contributed by atoms with Gasteiger partial charge in [0.1, 0.15) is 5.75 Å². The minimum Gasteiger partial charge on any atom is -0.497 e. The number of nitroso groups, excluding NO2 is 1. The molecule has 0 saturated carbocycles. The second-order valence-corrected chi connectivity index (χ2v) is 4.18. The van der Waals surface area contributed by atoms with Crippen LogP contribution in [0.5, 0.6) is 5.75 Å². The number of benzene rings is 2. The third-order valence-corrected chi connectivity index (χ3v) is 2.97. The Hall–Kier alpha value is -2.69. The number of carbonyl (C=O) groups is 1. The van der Waals surface area contributed by atoms with Gasteiger partial charge in [-0.3, -0.25) is 4.79 Å². The monoisotopic (exact) mass is 270 g/mol. The van der Waals surface area contributed by atoms with Gasteiger partial charge in [0.15, 0.2) is 5.78 Å². The van der Waals surface area contributed by atoms with Crippen LogP contribution in [0.25, 0.3) is 0 Å². The molecule has 0 aliphatic carbocycles. The highest BCUT2D eigenvalue weighted by Crippen LogP contribution is 2.23. The van der Waals surface area contributed by atoms with Crippen LogP contribution >= 0.6 is 0 Å². The summed E-state index contributed by atoms with van der Waals surface area (Å²) in [5.74, 6) is 0.514. The van der Waals surface area contributed by atoms with Crippen molar-refractivity contribution < 1.29 is 9.53 Å². The summed E-state index contributed by atoms with van der Waals surface area (Å²) in [6.07, 6.45) is 0. The van der Waals surface area contributed by atoms with Gasteiger partial charge in [-0.1, -0.05) is 12.1 Å². The molecular weight excluding hydrogens is 256 g/mol. The van der Waals surface area contributed by atoms with Crippen LogP contribution in [0.3, 0.4) is 0 Å². The highest BCUT2D eigenvalue weighted by Gasteiger charge is 2.16. The summed E-state index contributed by atoms with van der Waals surface area (Å²) in [6, 6.07) is 13.7. The molecule has 0 N–H and O–H groups in total. The molecule has 0 amide bonds. The van der Waals surface area contributed by atoms with Crippen LogP contribution in [0, 0.1) is 4.91 Å². The number of anilines is 1. The molecule has 0 spiro atoms. The second-order valence-electron chi connectivity index (χ2n) is 4.18. The number of ether oxygens (including phenoxy) is 1. The quantitative estimate of drug-likeness (QED) is 0.476. The molecule has 0 aliphatic rings. The van der Waals surface area contributed by atoms with E-state index in [0.29, 0.717) is 22.6 Å². The molecule has 2 aromatic rings. The van der Waals surface area contributed by atoms with Crippen molar-refractivity contribution in [3.05, 3.63) is 64.6 Å². The standard InChI is InChI=1S/C15H14N2O3/c1-17(16-19)14-6-4-3-5-13(14)15(18)11-7-9-12(20-2)10-8-11/h3-10H,1-2H3. The van der Waals surface area contributed by atoms with Crippen LogP contribution in [-0.2, 0) is 0 Å². The number of ketones is 1. The van der Waals surface area contributed by atoms with Gasteiger partial charge in [-0.25, -0.2) is 5.01 Å². The molecule has 20 heavy (non-hydrogen) atoms. The van der Waals surface area contributed by atoms with Crippen LogP contribution in [0.15, 0.2) is 53.8 Å². The number of methoxy groups -OCH3 is 1. The predicted octanol–water partition coefficient (Wildman–Crippen LogP) is 3.04. The van der Waals surface area contributed by atoms with Gasteiger partial charge < -0.3 is 4.74 Å². The number of para-hydroxylation sites is 1. The first-order valence-electron chi connectivity index (χ1n) is 6.02. The smallest absolute Gasteiger partial charge is 0.195 e. The number of hydrogen-bond donors (Lipinski definition) is 0. The lowest BCUT2D eigenvalue weighted by molar-refractivity contribution is 0.103. The van der Waals surface area contributed by atoms with E-state index in [2.05, 4.69) is 5.29 Å². The normalized spacial score (nSPS) is 9.90. The van der Waals surface area contributed by atoms with Crippen molar-refractivity contribution in [2.75, 3.05) is 19.2 Å². The largest absolute Gasteiger partial charge is 0.497 e. The molecule has 0 aromatic heterocycles. The molecule has 102 valence electrons. The molecule has 0 saturated heterocycles. The SMILES string of the molecule is COc1ccc(C(=O)c2ccccc2N(C)N=O)cc1. The van der Waals surface area contributed by atoms with Gasteiger partial charge >= 0.3 is 0 Å². The van der Waals surface area contributed by atoms with Crippen molar-refractivity contribution in [1.82, 2.24) is 0 Å². The molecular formula is C15H14N2O3. The van der Waals surface area contributed by atoms with E-state index in [-0.39, 0.29) is 5.78 Å². The van der Waals surface area contributed by atoms with Crippen molar-refractivity contribution in [3.63, 3.8) is 0 Å². The van der Waals surface area contributed by atoms with E-state index in [9.17, 15) is 9.70 Å². The fourth-order valence-corrected chi connectivity index (χ4v) is 1.89. The van der Waals surface area contributed by atoms with Gasteiger partial charge in [0.05, 0.1) is 18.1 Å². The topological polar surface area (TPSA) is 59.0 Å². The maximum absolute atomic E-state index is 12.5. The summed E-state index contributed by atoms with van der Waals surface area (Å²) in [5.41, 5.74) is 1.43. The highest BCUT2D eigenvalue weighted by molar-refractivity contribution is 6.12. The lowest BCUT2D eigenvalue weighted by atomic mass is 10.0. The van der Waals surface area contributed by atoms with Crippen molar-refractivity contribution in [2.24, 2.45) is 5.29 Å². The molecule has 5 heteroatoms. The first-order chi connectivity index (χ1) is 9.67. The number of carbonyl (C=O) groups excluding carboxylic acids is 1. The number of hydrogen-bond acceptors (Lipinski definition) is 4. The summed E-state index contributed by atoms with van der Waals surface area (Å²) in [6.45, 7) is 0. The number of nitrogens with zero attached hydrogens (tertiary/aromatic N) is 2. The second kappa shape index (κ2) is 5.97. The Balaban J connectivity index is 2.40. The van der Waals surface area contributed by atoms with E-state index >= 15 is 0 Å². The summed E-state index contributed by atoms with van der Waals surface area (Å²) >= 11 is 0. The predicted molar refractivity (Wildman–Crippen MR) is 77.1 cm³/mol. The van der Waals surface area contributed by atoms with Crippen molar-refractivity contribution in [2.45, 2.75) is 0 Å².